The molecule has 3 nitrogen and oxygen atoms in total. The Labute approximate surface area is 95.1 Å². The van der Waals surface area contributed by atoms with Gasteiger partial charge in [-0.2, -0.15) is 0 Å². The van der Waals surface area contributed by atoms with E-state index in [-0.39, 0.29) is 5.97 Å². The maximum atomic E-state index is 11.8. The first-order chi connectivity index (χ1) is 7.83. The largest absolute Gasteiger partial charge is 0.462 e. The van der Waals surface area contributed by atoms with Crippen molar-refractivity contribution in [2.24, 2.45) is 0 Å². The maximum Gasteiger partial charge on any atom is 0.338 e. The molecule has 0 aromatic heterocycles. The molecule has 1 heterocycles. The third-order valence-corrected chi connectivity index (χ3v) is 2.52. The van der Waals surface area contributed by atoms with E-state index < -0.39 is 0 Å². The number of nitrogens with one attached hydrogen (secondary N) is 1. The Kier molecular flexibility index (Phi) is 3.25. The van der Waals surface area contributed by atoms with Gasteiger partial charge in [-0.05, 0) is 19.4 Å². The van der Waals surface area contributed by atoms with Gasteiger partial charge in [0.2, 0.25) is 0 Å². The number of carbonyl (C=O) groups excluding carboxylic acids is 1. The fraction of sp³-hybridized carbons (Fsp3) is 0.308. The minimum atomic E-state index is -0.237. The lowest BCUT2D eigenvalue weighted by atomic mass is 10.0. The third-order valence-electron chi connectivity index (χ3n) is 2.52. The van der Waals surface area contributed by atoms with Crippen molar-refractivity contribution in [3.8, 4) is 0 Å². The number of hydrogen-bond donors (Lipinski definition) is 1. The van der Waals surface area contributed by atoms with E-state index in [9.17, 15) is 4.79 Å². The average molecular weight is 217 g/mol. The van der Waals surface area contributed by atoms with E-state index >= 15 is 0 Å². The van der Waals surface area contributed by atoms with Crippen LogP contribution < -0.4 is 5.32 Å². The van der Waals surface area contributed by atoms with E-state index in [1.54, 1.807) is 0 Å². The fourth-order valence-corrected chi connectivity index (χ4v) is 1.81. The fourth-order valence-electron chi connectivity index (χ4n) is 1.81. The van der Waals surface area contributed by atoms with Crippen LogP contribution in [0.25, 0.3) is 5.57 Å². The van der Waals surface area contributed by atoms with Gasteiger partial charge in [0.05, 0.1) is 12.2 Å². The molecule has 0 bridgehead atoms. The van der Waals surface area contributed by atoms with Crippen LogP contribution in [0.4, 0.5) is 5.69 Å². The van der Waals surface area contributed by atoms with Gasteiger partial charge in [-0.3, -0.25) is 0 Å². The zero-order chi connectivity index (χ0) is 11.4. The predicted octanol–water partition coefficient (Wildman–Crippen LogP) is 2.45. The minimum absolute atomic E-state index is 0.237. The van der Waals surface area contributed by atoms with Crippen molar-refractivity contribution in [3.05, 3.63) is 35.9 Å². The lowest BCUT2D eigenvalue weighted by molar-refractivity contribution is -0.136. The van der Waals surface area contributed by atoms with Crippen molar-refractivity contribution in [1.82, 2.24) is 0 Å². The number of esters is 1. The molecule has 0 fully saturated rings. The quantitative estimate of drug-likeness (QED) is 0.773. The first kappa shape index (κ1) is 10.7. The molecule has 0 saturated carbocycles. The molecule has 0 aliphatic carbocycles. The number of para-hydroxylation sites is 1. The smallest absolute Gasteiger partial charge is 0.338 e. The molecule has 1 aromatic rings. The number of hydrogen-bond acceptors (Lipinski definition) is 3. The van der Waals surface area contributed by atoms with Gasteiger partial charge < -0.3 is 10.1 Å². The number of ether oxygens (including phenoxy) is 1. The molecule has 1 N–H and O–H groups in total. The van der Waals surface area contributed by atoms with Gasteiger partial charge >= 0.3 is 5.97 Å². The molecule has 1 aliphatic rings. The highest BCUT2D eigenvalue weighted by atomic mass is 16.5. The molecular formula is C13H15NO2. The molecule has 0 atom stereocenters. The van der Waals surface area contributed by atoms with Crippen molar-refractivity contribution in [1.29, 1.82) is 0 Å². The maximum absolute atomic E-state index is 11.8. The molecule has 84 valence electrons. The van der Waals surface area contributed by atoms with Crippen molar-refractivity contribution < 1.29 is 9.53 Å². The molecule has 0 unspecified atom stereocenters. The van der Waals surface area contributed by atoms with E-state index in [4.69, 9.17) is 4.74 Å². The van der Waals surface area contributed by atoms with Crippen molar-refractivity contribution in [2.45, 2.75) is 13.3 Å². The van der Waals surface area contributed by atoms with Crippen LogP contribution in [-0.2, 0) is 9.53 Å². The normalized spacial score (nSPS) is 14.2. The molecule has 0 radical (unpaired) electrons. The molecule has 16 heavy (non-hydrogen) atoms. The zero-order valence-corrected chi connectivity index (χ0v) is 9.32. The number of carbonyl (C=O) groups is 1. The van der Waals surface area contributed by atoms with Crippen molar-refractivity contribution in [2.75, 3.05) is 18.5 Å². The molecule has 0 saturated heterocycles. The van der Waals surface area contributed by atoms with Crippen molar-refractivity contribution >= 4 is 17.2 Å². The summed E-state index contributed by atoms with van der Waals surface area (Å²) in [6.45, 7) is 3.07. The average Bonchev–Trinajstić information content (AvgIpc) is 2.51. The topological polar surface area (TPSA) is 38.3 Å². The van der Waals surface area contributed by atoms with Gasteiger partial charge in [0.1, 0.15) is 0 Å². The minimum Gasteiger partial charge on any atom is -0.462 e. The second-order valence-electron chi connectivity index (χ2n) is 3.60. The highest BCUT2D eigenvalue weighted by Gasteiger charge is 2.17. The molecule has 0 amide bonds. The second kappa shape index (κ2) is 4.84. The lowest BCUT2D eigenvalue weighted by Crippen LogP contribution is -2.07. The zero-order valence-electron chi connectivity index (χ0n) is 9.32. The SMILES string of the molecule is CCOC(=O)C1=CCCNc2ccccc21. The standard InChI is InChI=1S/C13H15NO2/c1-2-16-13(15)11-7-5-9-14-12-8-4-3-6-10(11)12/h3-4,6-8,14H,2,5,9H2,1H3. The van der Waals surface area contributed by atoms with Crippen LogP contribution in [0.1, 0.15) is 18.9 Å². The molecule has 1 aromatic carbocycles. The van der Waals surface area contributed by atoms with E-state index in [2.05, 4.69) is 5.32 Å². The Bertz CT molecular complexity index is 424. The van der Waals surface area contributed by atoms with Gasteiger partial charge in [0.15, 0.2) is 0 Å². The van der Waals surface area contributed by atoms with Crippen LogP contribution >= 0.6 is 0 Å². The number of rotatable bonds is 2. The van der Waals surface area contributed by atoms with Crippen molar-refractivity contribution in [3.63, 3.8) is 0 Å². The van der Waals surface area contributed by atoms with Crippen LogP contribution in [0, 0.1) is 0 Å². The van der Waals surface area contributed by atoms with E-state index in [0.29, 0.717) is 12.2 Å². The Balaban J connectivity index is 2.38. The molecular weight excluding hydrogens is 202 g/mol. The summed E-state index contributed by atoms with van der Waals surface area (Å²) >= 11 is 0. The molecule has 1 aliphatic heterocycles. The van der Waals surface area contributed by atoms with Gasteiger partial charge in [-0.15, -0.1) is 0 Å². The van der Waals surface area contributed by atoms with Gasteiger partial charge in [0, 0.05) is 17.8 Å². The summed E-state index contributed by atoms with van der Waals surface area (Å²) in [5.74, 6) is -0.237. The van der Waals surface area contributed by atoms with Crippen LogP contribution in [0.5, 0.6) is 0 Å². The number of benzene rings is 1. The highest BCUT2D eigenvalue weighted by Crippen LogP contribution is 2.27. The van der Waals surface area contributed by atoms with E-state index in [0.717, 1.165) is 24.2 Å². The summed E-state index contributed by atoms with van der Waals surface area (Å²) in [5, 5.41) is 3.29. The third kappa shape index (κ3) is 2.08. The predicted molar refractivity (Wildman–Crippen MR) is 64.2 cm³/mol. The van der Waals surface area contributed by atoms with Crippen LogP contribution in [0.3, 0.4) is 0 Å². The van der Waals surface area contributed by atoms with E-state index in [1.807, 2.05) is 37.3 Å². The highest BCUT2D eigenvalue weighted by molar-refractivity contribution is 6.18. The Morgan fingerprint density at radius 2 is 2.25 bits per heavy atom. The monoisotopic (exact) mass is 217 g/mol. The Hall–Kier alpha value is -1.77. The van der Waals surface area contributed by atoms with E-state index in [1.165, 1.54) is 0 Å². The lowest BCUT2D eigenvalue weighted by Gasteiger charge is -2.10. The summed E-state index contributed by atoms with van der Waals surface area (Å²) in [7, 11) is 0. The summed E-state index contributed by atoms with van der Waals surface area (Å²) < 4.78 is 5.06. The first-order valence-electron chi connectivity index (χ1n) is 5.53. The molecule has 3 heteroatoms. The Morgan fingerprint density at radius 1 is 1.44 bits per heavy atom. The van der Waals surface area contributed by atoms with Crippen LogP contribution in [0.15, 0.2) is 30.3 Å². The van der Waals surface area contributed by atoms with Gasteiger partial charge in [-0.25, -0.2) is 4.79 Å². The number of anilines is 1. The van der Waals surface area contributed by atoms with Crippen LogP contribution in [-0.4, -0.2) is 19.1 Å². The van der Waals surface area contributed by atoms with Gasteiger partial charge in [0.25, 0.3) is 0 Å². The summed E-state index contributed by atoms with van der Waals surface area (Å²) in [4.78, 5) is 11.8. The molecule has 0 spiro atoms. The molecule has 2 rings (SSSR count). The summed E-state index contributed by atoms with van der Waals surface area (Å²) in [6.07, 6.45) is 2.78. The summed E-state index contributed by atoms with van der Waals surface area (Å²) in [5.41, 5.74) is 2.60. The first-order valence-corrected chi connectivity index (χ1v) is 5.53. The Morgan fingerprint density at radius 3 is 3.06 bits per heavy atom. The number of fused-ring (bicyclic) bond motifs is 1. The van der Waals surface area contributed by atoms with Gasteiger partial charge in [-0.1, -0.05) is 24.3 Å². The van der Waals surface area contributed by atoms with Crippen LogP contribution in [0.2, 0.25) is 0 Å². The second-order valence-corrected chi connectivity index (χ2v) is 3.60. The summed E-state index contributed by atoms with van der Waals surface area (Å²) in [6, 6.07) is 7.81.